The van der Waals surface area contributed by atoms with Crippen molar-refractivity contribution in [3.63, 3.8) is 0 Å². The van der Waals surface area contributed by atoms with Crippen LogP contribution in [0.15, 0.2) is 60.9 Å². The maximum absolute atomic E-state index is 6.39. The smallest absolute Gasteiger partial charge is 0.164 e. The lowest BCUT2D eigenvalue weighted by Crippen LogP contribution is -2.55. The Kier molecular flexibility index (Phi) is 6.01. The van der Waals surface area contributed by atoms with Crippen LogP contribution in [0.2, 0.25) is 0 Å². The van der Waals surface area contributed by atoms with E-state index in [4.69, 9.17) is 15.6 Å². The van der Waals surface area contributed by atoms with Crippen LogP contribution in [0.5, 0.6) is 11.5 Å². The molecule has 3 fully saturated rings. The zero-order chi connectivity index (χ0) is 25.6. The van der Waals surface area contributed by atoms with E-state index < -0.39 is 0 Å². The average molecular weight is 510 g/mol. The summed E-state index contributed by atoms with van der Waals surface area (Å²) in [5.41, 5.74) is 9.04. The number of para-hydroxylation sites is 1. The molecule has 0 spiro atoms. The molecule has 4 aromatic rings. The number of nitrogens with zero attached hydrogens (tertiary/aromatic N) is 6. The van der Waals surface area contributed by atoms with E-state index in [0.717, 1.165) is 58.7 Å². The van der Waals surface area contributed by atoms with Crippen molar-refractivity contribution in [3.05, 3.63) is 60.9 Å². The summed E-state index contributed by atoms with van der Waals surface area (Å²) in [6.45, 7) is 2.45. The molecule has 4 heterocycles. The van der Waals surface area contributed by atoms with Gasteiger partial charge in [-0.2, -0.15) is 5.10 Å². The molecule has 2 aromatic carbocycles. The summed E-state index contributed by atoms with van der Waals surface area (Å²) in [6.07, 6.45) is 8.90. The molecule has 196 valence electrons. The molecule has 38 heavy (non-hydrogen) atoms. The van der Waals surface area contributed by atoms with Crippen LogP contribution in [0.25, 0.3) is 22.3 Å². The summed E-state index contributed by atoms with van der Waals surface area (Å²) in [6, 6.07) is 20.3. The van der Waals surface area contributed by atoms with Crippen LogP contribution in [0, 0.1) is 0 Å². The molecular formula is C30H35N7O. The molecule has 2 aliphatic heterocycles. The first-order valence-corrected chi connectivity index (χ1v) is 13.9. The fourth-order valence-electron chi connectivity index (χ4n) is 6.87. The second kappa shape index (κ2) is 9.67. The van der Waals surface area contributed by atoms with Crippen molar-refractivity contribution in [1.82, 2.24) is 29.5 Å². The third-order valence-corrected chi connectivity index (χ3v) is 9.03. The molecule has 2 N–H and O–H groups in total. The van der Waals surface area contributed by atoms with E-state index in [9.17, 15) is 0 Å². The van der Waals surface area contributed by atoms with Gasteiger partial charge in [0.2, 0.25) is 0 Å². The zero-order valence-corrected chi connectivity index (χ0v) is 21.9. The fourth-order valence-corrected chi connectivity index (χ4v) is 6.87. The number of benzene rings is 2. The number of hydrogen-bond acceptors (Lipinski definition) is 7. The molecule has 2 bridgehead atoms. The van der Waals surface area contributed by atoms with E-state index in [1.165, 1.54) is 38.8 Å². The van der Waals surface area contributed by atoms with Gasteiger partial charge in [-0.3, -0.25) is 9.80 Å². The summed E-state index contributed by atoms with van der Waals surface area (Å²) in [4.78, 5) is 14.4. The quantitative estimate of drug-likeness (QED) is 0.399. The van der Waals surface area contributed by atoms with E-state index in [1.54, 1.807) is 6.33 Å². The molecular weight excluding hydrogens is 474 g/mol. The predicted molar refractivity (Wildman–Crippen MR) is 149 cm³/mol. The molecule has 2 aromatic heterocycles. The highest BCUT2D eigenvalue weighted by Gasteiger charge is 2.40. The zero-order valence-electron chi connectivity index (χ0n) is 21.9. The van der Waals surface area contributed by atoms with Crippen LogP contribution in [-0.2, 0) is 0 Å². The molecule has 2 atom stereocenters. The number of likely N-dealkylation sites (tertiary alicyclic amines) is 1. The van der Waals surface area contributed by atoms with Crippen molar-refractivity contribution in [2.24, 2.45) is 0 Å². The highest BCUT2D eigenvalue weighted by molar-refractivity contribution is 5.98. The number of hydrogen-bond donors (Lipinski definition) is 1. The first kappa shape index (κ1) is 23.6. The summed E-state index contributed by atoms with van der Waals surface area (Å²) in [7, 11) is 2.31. The number of aromatic nitrogens is 4. The van der Waals surface area contributed by atoms with Crippen LogP contribution >= 0.6 is 0 Å². The largest absolute Gasteiger partial charge is 0.457 e. The van der Waals surface area contributed by atoms with E-state index in [0.29, 0.717) is 17.9 Å². The Balaban J connectivity index is 1.11. The van der Waals surface area contributed by atoms with Crippen LogP contribution in [0.4, 0.5) is 5.82 Å². The molecule has 1 aliphatic carbocycles. The number of fused-ring (bicyclic) bond motifs is 3. The standard InChI is InChI=1S/C30H35N7O/c1-35-23-13-14-24(35)18-36(17-23)21-9-11-22(12-10-21)37-30-27(29(31)32-19-33-30)28(34-37)20-7-15-26(16-8-20)38-25-5-3-2-4-6-25/h2-8,15-16,19,21-24H,9-14,17-18H2,1H3,(H2,31,32,33)/t21?,22?,23-,24-/m0/s1. The van der Waals surface area contributed by atoms with Gasteiger partial charge in [0.15, 0.2) is 5.65 Å². The lowest BCUT2D eigenvalue weighted by molar-refractivity contribution is 0.0393. The Morgan fingerprint density at radius 3 is 2.11 bits per heavy atom. The minimum absolute atomic E-state index is 0.321. The van der Waals surface area contributed by atoms with E-state index in [-0.39, 0.29) is 0 Å². The molecule has 1 saturated carbocycles. The maximum atomic E-state index is 6.39. The van der Waals surface area contributed by atoms with Crippen molar-refractivity contribution < 1.29 is 4.74 Å². The third kappa shape index (κ3) is 4.22. The molecule has 0 radical (unpaired) electrons. The fraction of sp³-hybridized carbons (Fsp3) is 0.433. The number of nitrogens with two attached hydrogens (primary N) is 1. The average Bonchev–Trinajstić information content (AvgIpc) is 3.42. The van der Waals surface area contributed by atoms with Gasteiger partial charge in [-0.25, -0.2) is 14.6 Å². The Morgan fingerprint density at radius 2 is 1.39 bits per heavy atom. The lowest BCUT2D eigenvalue weighted by atomic mass is 9.89. The van der Waals surface area contributed by atoms with Crippen molar-refractivity contribution in [2.75, 3.05) is 25.9 Å². The van der Waals surface area contributed by atoms with E-state index in [2.05, 4.69) is 31.5 Å². The Bertz CT molecular complexity index is 1400. The summed E-state index contributed by atoms with van der Waals surface area (Å²) in [5, 5.41) is 5.95. The van der Waals surface area contributed by atoms with Gasteiger partial charge in [0, 0.05) is 36.8 Å². The van der Waals surface area contributed by atoms with Crippen molar-refractivity contribution >= 4 is 16.9 Å². The lowest BCUT2D eigenvalue weighted by Gasteiger charge is -2.44. The topological polar surface area (TPSA) is 85.3 Å². The van der Waals surface area contributed by atoms with Crippen molar-refractivity contribution in [1.29, 1.82) is 0 Å². The van der Waals surface area contributed by atoms with Gasteiger partial charge in [-0.15, -0.1) is 0 Å². The van der Waals surface area contributed by atoms with Gasteiger partial charge in [0.05, 0.1) is 11.4 Å². The Morgan fingerprint density at radius 1 is 0.763 bits per heavy atom. The van der Waals surface area contributed by atoms with Crippen LogP contribution in [0.1, 0.15) is 44.6 Å². The van der Waals surface area contributed by atoms with Crippen molar-refractivity contribution in [3.8, 4) is 22.8 Å². The number of piperazine rings is 1. The monoisotopic (exact) mass is 509 g/mol. The molecule has 0 amide bonds. The minimum Gasteiger partial charge on any atom is -0.457 e. The van der Waals surface area contributed by atoms with Crippen LogP contribution in [-0.4, -0.2) is 67.8 Å². The minimum atomic E-state index is 0.321. The van der Waals surface area contributed by atoms with Gasteiger partial charge in [-0.05, 0) is 82.0 Å². The van der Waals surface area contributed by atoms with Crippen LogP contribution < -0.4 is 10.5 Å². The van der Waals surface area contributed by atoms with Gasteiger partial charge < -0.3 is 10.5 Å². The number of rotatable bonds is 5. The normalized spacial score (nSPS) is 26.1. The summed E-state index contributed by atoms with van der Waals surface area (Å²) in [5.74, 6) is 2.07. The third-order valence-electron chi connectivity index (χ3n) is 9.03. The first-order valence-electron chi connectivity index (χ1n) is 13.9. The van der Waals surface area contributed by atoms with Gasteiger partial charge in [0.25, 0.3) is 0 Å². The molecule has 2 saturated heterocycles. The highest BCUT2D eigenvalue weighted by Crippen LogP contribution is 2.39. The summed E-state index contributed by atoms with van der Waals surface area (Å²) >= 11 is 0. The second-order valence-corrected chi connectivity index (χ2v) is 11.2. The predicted octanol–water partition coefficient (Wildman–Crippen LogP) is 5.13. The molecule has 7 rings (SSSR count). The maximum Gasteiger partial charge on any atom is 0.164 e. The molecule has 3 aliphatic rings. The Hall–Kier alpha value is -3.49. The van der Waals surface area contributed by atoms with Crippen LogP contribution in [0.3, 0.4) is 0 Å². The highest BCUT2D eigenvalue weighted by atomic mass is 16.5. The van der Waals surface area contributed by atoms with E-state index >= 15 is 0 Å². The number of likely N-dealkylation sites (N-methyl/N-ethyl adjacent to an activating group) is 1. The molecule has 8 nitrogen and oxygen atoms in total. The second-order valence-electron chi connectivity index (χ2n) is 11.2. The molecule has 8 heteroatoms. The number of ether oxygens (including phenoxy) is 1. The van der Waals surface area contributed by atoms with Crippen molar-refractivity contribution in [2.45, 2.75) is 62.7 Å². The van der Waals surface area contributed by atoms with Gasteiger partial charge in [-0.1, -0.05) is 18.2 Å². The Labute approximate surface area is 223 Å². The van der Waals surface area contributed by atoms with Gasteiger partial charge >= 0.3 is 0 Å². The molecule has 0 unspecified atom stereocenters. The number of anilines is 1. The SMILES string of the molecule is CN1[C@H]2CC[C@H]1CN(C1CCC(n3nc(-c4ccc(Oc5ccccc5)cc4)c4c(N)ncnc43)CC1)C2. The van der Waals surface area contributed by atoms with Gasteiger partial charge in [0.1, 0.15) is 29.3 Å². The van der Waals surface area contributed by atoms with E-state index in [1.807, 2.05) is 54.6 Å². The summed E-state index contributed by atoms with van der Waals surface area (Å²) < 4.78 is 8.11. The first-order chi connectivity index (χ1) is 18.6. The number of nitrogen functional groups attached to an aromatic ring is 1.